The molecule has 0 bridgehead atoms. The van der Waals surface area contributed by atoms with Gasteiger partial charge in [0.15, 0.2) is 0 Å². The predicted octanol–water partition coefficient (Wildman–Crippen LogP) is 4.23. The molecule has 0 heterocycles. The quantitative estimate of drug-likeness (QED) is 0.700. The number of amides is 1. The first-order valence-electron chi connectivity index (χ1n) is 9.23. The molecule has 2 saturated carbocycles. The van der Waals surface area contributed by atoms with Gasteiger partial charge in [-0.05, 0) is 50.5 Å². The molecule has 2 atom stereocenters. The summed E-state index contributed by atoms with van der Waals surface area (Å²) in [6.45, 7) is 0. The largest absolute Gasteiger partial charge is 0.496 e. The topological polar surface area (TPSA) is 50.4 Å². The van der Waals surface area contributed by atoms with Gasteiger partial charge in [-0.15, -0.1) is 11.8 Å². The fourth-order valence-electron chi connectivity index (χ4n) is 3.75. The molecule has 1 amide bonds. The summed E-state index contributed by atoms with van der Waals surface area (Å²) in [5, 5.41) is 6.64. The number of carbonyl (C=O) groups excluding carboxylic acids is 1. The molecule has 2 aliphatic rings. The van der Waals surface area contributed by atoms with Crippen LogP contribution in [-0.4, -0.2) is 37.4 Å². The number of methoxy groups -OCH3 is 1. The Morgan fingerprint density at radius 1 is 1.15 bits per heavy atom. The lowest BCUT2D eigenvalue weighted by molar-refractivity contribution is -0.137. The molecule has 0 aliphatic heterocycles. The highest BCUT2D eigenvalue weighted by atomic mass is 32.2. The van der Waals surface area contributed by atoms with E-state index in [1.807, 2.05) is 0 Å². The van der Waals surface area contributed by atoms with Gasteiger partial charge in [0.1, 0.15) is 5.75 Å². The summed E-state index contributed by atoms with van der Waals surface area (Å²) in [5.74, 6) is -0.426. The second-order valence-corrected chi connectivity index (χ2v) is 8.01. The van der Waals surface area contributed by atoms with Crippen molar-refractivity contribution in [3.63, 3.8) is 0 Å². The zero-order chi connectivity index (χ0) is 19.6. The standard InChI is InChI=1S/C19H25F3N2O2S/c1-26-15-9-11(19(20,21)22)10-16(27-2)17(15)18(25)24-14-8-4-7-13(14)23-12-5-3-6-12/h9-10,12-14,23H,3-8H2,1-2H3,(H,24,25). The summed E-state index contributed by atoms with van der Waals surface area (Å²) in [7, 11) is 1.28. The number of benzene rings is 1. The molecule has 1 aromatic rings. The summed E-state index contributed by atoms with van der Waals surface area (Å²) < 4.78 is 44.5. The second-order valence-electron chi connectivity index (χ2n) is 7.17. The Balaban J connectivity index is 1.80. The van der Waals surface area contributed by atoms with Gasteiger partial charge < -0.3 is 15.4 Å². The number of rotatable bonds is 6. The van der Waals surface area contributed by atoms with Crippen molar-refractivity contribution in [2.75, 3.05) is 13.4 Å². The van der Waals surface area contributed by atoms with E-state index in [2.05, 4.69) is 10.6 Å². The van der Waals surface area contributed by atoms with Crippen LogP contribution >= 0.6 is 11.8 Å². The Labute approximate surface area is 161 Å². The van der Waals surface area contributed by atoms with Crippen LogP contribution in [0.4, 0.5) is 13.2 Å². The number of halogens is 3. The number of hydrogen-bond donors (Lipinski definition) is 2. The van der Waals surface area contributed by atoms with Crippen LogP contribution in [-0.2, 0) is 6.18 Å². The van der Waals surface area contributed by atoms with E-state index in [0.29, 0.717) is 6.04 Å². The second kappa shape index (κ2) is 8.31. The summed E-state index contributed by atoms with van der Waals surface area (Å²) >= 11 is 1.11. The summed E-state index contributed by atoms with van der Waals surface area (Å²) in [6, 6.07) is 2.64. The molecule has 2 unspecified atom stereocenters. The van der Waals surface area contributed by atoms with Gasteiger partial charge in [0.25, 0.3) is 5.91 Å². The number of hydrogen-bond acceptors (Lipinski definition) is 4. The van der Waals surface area contributed by atoms with Crippen molar-refractivity contribution in [2.24, 2.45) is 0 Å². The maximum atomic E-state index is 13.1. The summed E-state index contributed by atoms with van der Waals surface area (Å²) in [6.07, 6.45) is 3.63. The van der Waals surface area contributed by atoms with Crippen molar-refractivity contribution < 1.29 is 22.7 Å². The molecule has 4 nitrogen and oxygen atoms in total. The van der Waals surface area contributed by atoms with Crippen molar-refractivity contribution in [1.29, 1.82) is 0 Å². The lowest BCUT2D eigenvalue weighted by Gasteiger charge is -2.33. The molecule has 2 fully saturated rings. The SMILES string of the molecule is COc1cc(C(F)(F)F)cc(SC)c1C(=O)NC1CCCC1NC1CCC1. The zero-order valence-electron chi connectivity index (χ0n) is 15.5. The molecular formula is C19H25F3N2O2S. The Kier molecular flexibility index (Phi) is 6.25. The number of nitrogens with one attached hydrogen (secondary N) is 2. The molecule has 27 heavy (non-hydrogen) atoms. The van der Waals surface area contributed by atoms with E-state index in [9.17, 15) is 18.0 Å². The predicted molar refractivity (Wildman–Crippen MR) is 99.4 cm³/mol. The van der Waals surface area contributed by atoms with Gasteiger partial charge in [-0.1, -0.05) is 6.42 Å². The molecule has 150 valence electrons. The first-order valence-corrected chi connectivity index (χ1v) is 10.5. The minimum atomic E-state index is -4.49. The number of ether oxygens (including phenoxy) is 1. The smallest absolute Gasteiger partial charge is 0.416 e. The van der Waals surface area contributed by atoms with Gasteiger partial charge >= 0.3 is 6.18 Å². The Morgan fingerprint density at radius 2 is 1.81 bits per heavy atom. The van der Waals surface area contributed by atoms with E-state index >= 15 is 0 Å². The molecule has 1 aromatic carbocycles. The molecule has 3 rings (SSSR count). The van der Waals surface area contributed by atoms with Crippen LogP contribution in [0.25, 0.3) is 0 Å². The lowest BCUT2D eigenvalue weighted by atomic mass is 9.92. The molecular weight excluding hydrogens is 377 g/mol. The molecule has 0 radical (unpaired) electrons. The highest BCUT2D eigenvalue weighted by Gasteiger charge is 2.35. The Hall–Kier alpha value is -1.41. The third-order valence-electron chi connectivity index (χ3n) is 5.45. The molecule has 8 heteroatoms. The van der Waals surface area contributed by atoms with E-state index in [4.69, 9.17) is 4.74 Å². The highest BCUT2D eigenvalue weighted by molar-refractivity contribution is 7.98. The average molecular weight is 402 g/mol. The van der Waals surface area contributed by atoms with Crippen LogP contribution < -0.4 is 15.4 Å². The van der Waals surface area contributed by atoms with E-state index in [0.717, 1.165) is 43.2 Å². The van der Waals surface area contributed by atoms with Crippen molar-refractivity contribution in [3.05, 3.63) is 23.3 Å². The third-order valence-corrected chi connectivity index (χ3v) is 6.21. The number of thioether (sulfide) groups is 1. The van der Waals surface area contributed by atoms with E-state index < -0.39 is 11.7 Å². The van der Waals surface area contributed by atoms with Crippen LogP contribution in [0.3, 0.4) is 0 Å². The van der Waals surface area contributed by atoms with Crippen LogP contribution in [0.1, 0.15) is 54.4 Å². The fourth-order valence-corrected chi connectivity index (χ4v) is 4.39. The molecule has 2 aliphatic carbocycles. The van der Waals surface area contributed by atoms with Gasteiger partial charge in [-0.3, -0.25) is 4.79 Å². The van der Waals surface area contributed by atoms with Crippen molar-refractivity contribution >= 4 is 17.7 Å². The number of carbonyl (C=O) groups is 1. The van der Waals surface area contributed by atoms with Gasteiger partial charge in [0.2, 0.25) is 0 Å². The van der Waals surface area contributed by atoms with Crippen molar-refractivity contribution in [3.8, 4) is 5.75 Å². The maximum Gasteiger partial charge on any atom is 0.416 e. The van der Waals surface area contributed by atoms with Crippen LogP contribution in [0, 0.1) is 0 Å². The molecule has 0 saturated heterocycles. The Morgan fingerprint density at radius 3 is 2.37 bits per heavy atom. The number of alkyl halides is 3. The minimum Gasteiger partial charge on any atom is -0.496 e. The van der Waals surface area contributed by atoms with Gasteiger partial charge in [0.05, 0.1) is 18.2 Å². The lowest BCUT2D eigenvalue weighted by Crippen LogP contribution is -2.51. The summed E-state index contributed by atoms with van der Waals surface area (Å²) in [5.41, 5.74) is -0.641. The minimum absolute atomic E-state index is 0.0141. The van der Waals surface area contributed by atoms with E-state index in [-0.39, 0.29) is 34.2 Å². The first kappa shape index (κ1) is 20.3. The summed E-state index contributed by atoms with van der Waals surface area (Å²) in [4.78, 5) is 13.2. The molecule has 0 aromatic heterocycles. The first-order chi connectivity index (χ1) is 12.8. The maximum absolute atomic E-state index is 13.1. The fraction of sp³-hybridized carbons (Fsp3) is 0.632. The van der Waals surface area contributed by atoms with Crippen LogP contribution in [0.15, 0.2) is 17.0 Å². The van der Waals surface area contributed by atoms with Gasteiger partial charge in [-0.25, -0.2) is 0 Å². The third kappa shape index (κ3) is 4.54. The van der Waals surface area contributed by atoms with Gasteiger partial charge in [-0.2, -0.15) is 13.2 Å². The highest BCUT2D eigenvalue weighted by Crippen LogP contribution is 2.38. The Bertz CT molecular complexity index is 667. The average Bonchev–Trinajstić information content (AvgIpc) is 3.02. The van der Waals surface area contributed by atoms with E-state index in [1.165, 1.54) is 26.4 Å². The van der Waals surface area contributed by atoms with Crippen LogP contribution in [0.2, 0.25) is 0 Å². The molecule has 0 spiro atoms. The van der Waals surface area contributed by atoms with Crippen molar-refractivity contribution in [2.45, 2.75) is 67.7 Å². The molecule has 2 N–H and O–H groups in total. The zero-order valence-corrected chi connectivity index (χ0v) is 16.3. The monoisotopic (exact) mass is 402 g/mol. The van der Waals surface area contributed by atoms with Crippen LogP contribution in [0.5, 0.6) is 5.75 Å². The van der Waals surface area contributed by atoms with E-state index in [1.54, 1.807) is 6.26 Å². The van der Waals surface area contributed by atoms with Gasteiger partial charge in [0, 0.05) is 23.0 Å². The van der Waals surface area contributed by atoms with Crippen molar-refractivity contribution in [1.82, 2.24) is 10.6 Å². The normalized spacial score (nSPS) is 23.1.